The first kappa shape index (κ1) is 23.6. The molecule has 0 heterocycles. The van der Waals surface area contributed by atoms with Crippen LogP contribution < -0.4 is 0 Å². The Morgan fingerprint density at radius 1 is 0.733 bits per heavy atom. The highest BCUT2D eigenvalue weighted by atomic mass is 35.5. The fraction of sp³-hybridized carbons (Fsp3) is 0. The molecule has 0 aromatic heterocycles. The van der Waals surface area contributed by atoms with Crippen molar-refractivity contribution in [1.29, 1.82) is 0 Å². The van der Waals surface area contributed by atoms with Gasteiger partial charge in [0.2, 0.25) is 0 Å². The zero-order chi connectivity index (χ0) is 12.3. The maximum Gasteiger partial charge on any atom is 0.317 e. The highest BCUT2D eigenvalue weighted by Gasteiger charge is 1.95. The van der Waals surface area contributed by atoms with Gasteiger partial charge < -0.3 is 0 Å². The molecule has 0 atom stereocenters. The van der Waals surface area contributed by atoms with E-state index in [2.05, 4.69) is 24.8 Å². The molecule has 0 aliphatic carbocycles. The second kappa shape index (κ2) is 15.4. The minimum atomic E-state index is -2.48. The van der Waals surface area contributed by atoms with E-state index in [9.17, 15) is 30.7 Å². The Kier molecular flexibility index (Phi) is 24.3. The first-order valence-corrected chi connectivity index (χ1v) is 2.85. The molecule has 0 amide bonds. The quantitative estimate of drug-likeness (QED) is 0.527. The van der Waals surface area contributed by atoms with Gasteiger partial charge in [-0.1, -0.05) is 0 Å². The molecule has 0 saturated heterocycles. The normalized spacial score (nSPS) is 6.67. The predicted octanol–water partition coefficient (Wildman–Crippen LogP) is 5.21. The van der Waals surface area contributed by atoms with Gasteiger partial charge in [0.05, 0.1) is 0 Å². The molecule has 9 heteroatoms. The van der Waals surface area contributed by atoms with Crippen LogP contribution in [0.3, 0.4) is 0 Å². The van der Waals surface area contributed by atoms with Crippen LogP contribution in [0.5, 0.6) is 0 Å². The monoisotopic (exact) mass is 264 g/mol. The van der Waals surface area contributed by atoms with E-state index >= 15 is 0 Å². The lowest BCUT2D eigenvalue weighted by atomic mass is 11.1. The maximum atomic E-state index is 10.7. The zero-order valence-electron chi connectivity index (χ0n) is 6.85. The van der Waals surface area contributed by atoms with Crippen LogP contribution in [0.2, 0.25) is 0 Å². The highest BCUT2D eigenvalue weighted by Crippen LogP contribution is 2.11. The molecule has 15 heavy (non-hydrogen) atoms. The van der Waals surface area contributed by atoms with E-state index in [1.807, 2.05) is 0 Å². The Morgan fingerprint density at radius 2 is 0.800 bits per heavy atom. The number of hydrogen-bond acceptors (Lipinski definition) is 0. The van der Waals surface area contributed by atoms with Gasteiger partial charge in [-0.05, 0) is 24.8 Å². The maximum absolute atomic E-state index is 10.7. The van der Waals surface area contributed by atoms with Crippen molar-refractivity contribution in [3.05, 3.63) is 36.7 Å². The van der Waals surface area contributed by atoms with E-state index < -0.39 is 23.5 Å². The highest BCUT2D eigenvalue weighted by molar-refractivity contribution is 6.28. The molecular formula is C6H5ClF8. The van der Waals surface area contributed by atoms with Crippen molar-refractivity contribution in [2.24, 2.45) is 0 Å². The lowest BCUT2D eigenvalue weighted by Crippen LogP contribution is -1.54. The Labute approximate surface area is 84.7 Å². The van der Waals surface area contributed by atoms with Crippen molar-refractivity contribution in [2.45, 2.75) is 0 Å². The summed E-state index contributed by atoms with van der Waals surface area (Å²) in [5.74, 6) is 0. The van der Waals surface area contributed by atoms with Gasteiger partial charge in [-0.15, -0.1) is 0 Å². The Balaban J connectivity index is -0.0000000606. The number of rotatable bonds is 0. The first-order valence-electron chi connectivity index (χ1n) is 2.47. The topological polar surface area (TPSA) is 0 Å². The van der Waals surface area contributed by atoms with E-state index in [1.165, 1.54) is 0 Å². The molecule has 0 N–H and O–H groups in total. The molecule has 0 saturated carbocycles. The molecule has 92 valence electrons. The minimum absolute atomic E-state index is 0. The van der Waals surface area contributed by atoms with Gasteiger partial charge in [-0.3, -0.25) is 4.70 Å². The summed E-state index contributed by atoms with van der Waals surface area (Å²) in [6, 6.07) is 0. The van der Waals surface area contributed by atoms with Crippen LogP contribution in [0.25, 0.3) is 0 Å². The van der Waals surface area contributed by atoms with E-state index in [1.54, 1.807) is 0 Å². The molecule has 0 nitrogen and oxygen atoms in total. The molecule has 0 aliphatic heterocycles. The molecule has 0 bridgehead atoms. The van der Waals surface area contributed by atoms with Crippen LogP contribution >= 0.6 is 11.6 Å². The molecule has 0 aromatic carbocycles. The molecule has 0 fully saturated rings. The molecule has 0 aliphatic rings. The Bertz CT molecular complexity index is 173. The standard InChI is InChI=1S/C2ClF3.2C2H2F2.FH/c3-1(4)2(5)6;2*1-2(3)4;/h;2*1H2;1H. The van der Waals surface area contributed by atoms with Crippen LogP contribution in [0, 0.1) is 0 Å². The van der Waals surface area contributed by atoms with Crippen LogP contribution in [0.1, 0.15) is 0 Å². The fourth-order valence-corrected chi connectivity index (χ4v) is 0. The van der Waals surface area contributed by atoms with E-state index in [0.29, 0.717) is 0 Å². The second-order valence-corrected chi connectivity index (χ2v) is 1.53. The van der Waals surface area contributed by atoms with E-state index in [4.69, 9.17) is 0 Å². The lowest BCUT2D eigenvalue weighted by Gasteiger charge is -1.70. The molecule has 0 unspecified atom stereocenters. The van der Waals surface area contributed by atoms with Gasteiger partial charge in [0.25, 0.3) is 17.4 Å². The molecule has 0 radical (unpaired) electrons. The van der Waals surface area contributed by atoms with Crippen molar-refractivity contribution in [3.8, 4) is 0 Å². The molecular weight excluding hydrogens is 260 g/mol. The van der Waals surface area contributed by atoms with Crippen molar-refractivity contribution in [3.63, 3.8) is 0 Å². The second-order valence-electron chi connectivity index (χ2n) is 1.20. The van der Waals surface area contributed by atoms with Crippen LogP contribution in [0.15, 0.2) is 36.7 Å². The van der Waals surface area contributed by atoms with Gasteiger partial charge in [-0.2, -0.15) is 30.7 Å². The van der Waals surface area contributed by atoms with Crippen LogP contribution in [-0.2, 0) is 0 Å². The first-order chi connectivity index (χ1) is 6.11. The molecule has 0 spiro atoms. The third kappa shape index (κ3) is 178. The van der Waals surface area contributed by atoms with E-state index in [0.717, 1.165) is 0 Å². The smallest absolute Gasteiger partial charge is 0.269 e. The van der Waals surface area contributed by atoms with E-state index in [-0.39, 0.29) is 4.70 Å². The molecule has 0 rings (SSSR count). The van der Waals surface area contributed by atoms with Gasteiger partial charge in [0.1, 0.15) is 0 Å². The van der Waals surface area contributed by atoms with Gasteiger partial charge in [0, 0.05) is 0 Å². The summed E-state index contributed by atoms with van der Waals surface area (Å²) in [4.78, 5) is 0. The van der Waals surface area contributed by atoms with Gasteiger partial charge in [0.15, 0.2) is 0 Å². The SMILES string of the molecule is C=C(F)F.C=C(F)F.F.FC(F)=C(F)Cl. The van der Waals surface area contributed by atoms with Gasteiger partial charge in [-0.25, -0.2) is 0 Å². The lowest BCUT2D eigenvalue weighted by molar-refractivity contribution is 0.393. The van der Waals surface area contributed by atoms with Gasteiger partial charge >= 0.3 is 6.08 Å². The predicted molar refractivity (Wildman–Crippen MR) is 41.4 cm³/mol. The summed E-state index contributed by atoms with van der Waals surface area (Å²) in [5.41, 5.74) is 0. The number of hydrogen-bond donors (Lipinski definition) is 0. The summed E-state index contributed by atoms with van der Waals surface area (Å²) >= 11 is 4.08. The Hall–Kier alpha value is -1.05. The third-order valence-electron chi connectivity index (χ3n) is 0.143. The minimum Gasteiger partial charge on any atom is -0.269 e. The molecule has 0 aromatic rings. The van der Waals surface area contributed by atoms with Crippen molar-refractivity contribution in [1.82, 2.24) is 0 Å². The third-order valence-corrected chi connectivity index (χ3v) is 0.286. The fourth-order valence-electron chi connectivity index (χ4n) is 0. The van der Waals surface area contributed by atoms with Crippen molar-refractivity contribution >= 4 is 11.6 Å². The Morgan fingerprint density at radius 3 is 0.800 bits per heavy atom. The largest absolute Gasteiger partial charge is 0.317 e. The van der Waals surface area contributed by atoms with Crippen molar-refractivity contribution < 1.29 is 35.4 Å². The summed E-state index contributed by atoms with van der Waals surface area (Å²) in [5, 5.41) is -1.94. The summed E-state index contributed by atoms with van der Waals surface area (Å²) in [7, 11) is 0. The number of halogens is 9. The van der Waals surface area contributed by atoms with Crippen LogP contribution in [0.4, 0.5) is 35.4 Å². The average molecular weight is 265 g/mol. The summed E-state index contributed by atoms with van der Waals surface area (Å²) in [6.07, 6.45) is -6.14. The van der Waals surface area contributed by atoms with Crippen molar-refractivity contribution in [2.75, 3.05) is 0 Å². The zero-order valence-corrected chi connectivity index (χ0v) is 7.60. The summed E-state index contributed by atoms with van der Waals surface area (Å²) < 4.78 is 72.3. The van der Waals surface area contributed by atoms with Crippen LogP contribution in [-0.4, -0.2) is 0 Å². The average Bonchev–Trinajstić information content (AvgIpc) is 1.83. The summed E-state index contributed by atoms with van der Waals surface area (Å²) in [6.45, 7) is 4.44.